The van der Waals surface area contributed by atoms with E-state index in [4.69, 9.17) is 4.74 Å². The molecule has 6 aromatic heterocycles. The van der Waals surface area contributed by atoms with Crippen molar-refractivity contribution >= 4 is 76.3 Å². The first-order valence-corrected chi connectivity index (χ1v) is 40.8. The third-order valence-corrected chi connectivity index (χ3v) is 21.9. The highest BCUT2D eigenvalue weighted by Gasteiger charge is 2.32. The molecule has 0 amide bonds. The van der Waals surface area contributed by atoms with Gasteiger partial charge < -0.3 is 75.6 Å². The number of ether oxygens (including phenoxy) is 1. The molecular weight excluding hydrogens is 1510 g/mol. The minimum Gasteiger partial charge on any atom is -0.489 e. The number of nitrogens with zero attached hydrogens (tertiary/aromatic N) is 23. The highest BCUT2D eigenvalue weighted by atomic mass is 19.1. The van der Waals surface area contributed by atoms with E-state index in [1.54, 1.807) is 12.1 Å². The molecule has 2 atom stereocenters. The van der Waals surface area contributed by atoms with Crippen molar-refractivity contribution in [2.24, 2.45) is 0 Å². The first-order chi connectivity index (χ1) is 58.4. The minimum absolute atomic E-state index is 0.0593. The van der Waals surface area contributed by atoms with Gasteiger partial charge in [0.15, 0.2) is 0 Å². The molecule has 6 saturated heterocycles. The number of likely N-dealkylation sites (N-methyl/N-ethyl adjacent to an activating group) is 1. The van der Waals surface area contributed by atoms with E-state index >= 15 is 0 Å². The van der Waals surface area contributed by atoms with Crippen LogP contribution in [0.15, 0.2) is 208 Å². The molecule has 12 heterocycles. The number of β-amino-alcohol motifs (C(OH)–C–C–N with tert-alkyl or cyclic N) is 1. The Hall–Kier alpha value is -12.9. The first kappa shape index (κ1) is 79.9. The van der Waals surface area contributed by atoms with Crippen LogP contribution in [-0.4, -0.2) is 229 Å². The molecule has 119 heavy (non-hydrogen) atoms. The summed E-state index contributed by atoms with van der Waals surface area (Å²) in [4.78, 5) is 84.6. The Kier molecular flexibility index (Phi) is 26.1. The highest BCUT2D eigenvalue weighted by molar-refractivity contribution is 5.62. The number of anilines is 13. The molecule has 18 rings (SSSR count). The lowest BCUT2D eigenvalue weighted by molar-refractivity contribution is 0.0123. The third kappa shape index (κ3) is 21.7. The summed E-state index contributed by atoms with van der Waals surface area (Å²) in [6.45, 7) is 15.7. The van der Waals surface area contributed by atoms with Crippen LogP contribution < -0.4 is 65.6 Å². The molecule has 6 fully saturated rings. The van der Waals surface area contributed by atoms with Gasteiger partial charge in [0, 0.05) is 192 Å². The summed E-state index contributed by atoms with van der Waals surface area (Å²) in [5, 5.41) is 26.9. The molecule has 32 heteroatoms. The largest absolute Gasteiger partial charge is 0.489 e. The molecule has 12 aromatic rings. The molecule has 0 radical (unpaired) electrons. The Morgan fingerprint density at radius 3 is 1.23 bits per heavy atom. The van der Waals surface area contributed by atoms with Crippen molar-refractivity contribution in [3.63, 3.8) is 0 Å². The number of halogens is 2. The summed E-state index contributed by atoms with van der Waals surface area (Å²) in [6.07, 6.45) is 22.2. The Morgan fingerprint density at radius 2 is 0.815 bits per heavy atom. The number of hydrogen-bond acceptors (Lipinski definition) is 30. The van der Waals surface area contributed by atoms with Gasteiger partial charge in [0.25, 0.3) is 0 Å². The van der Waals surface area contributed by atoms with Crippen LogP contribution in [0.25, 0.3) is 0 Å². The standard InChI is InChI=1S/C29H33FN10.C29H32FN9O.C29H33N9O/c1-37-9-11-38(12-10-37)26-8-7-24(18-25(26)30)35-27-33-21-34-29(36-27)40-15-13-39(14-16-40)28-31-19-23(20-32-28)17-22-5-3-2-4-6-22;30-25-16-23(40-24-7-4-10-31-19-24)8-9-26(25)36-27-34-20-35-29(37-27)39-13-11-38(12-14-39)28-32-17-22(18-33-28)15-21-5-2-1-3-6-21;39-29(11-4-12-30-20-29)24-7-9-25(10-8-24)35-26-33-21-34-28(36-26)38-15-13-37(14-16-38)27-31-18-23(19-32-27)17-22-5-2-1-3-6-22/h2-8,18-21H,9-17H2,1H3,(H,33,34,35,36);1-3,5-6,8-9,16-18,20,24,31H,4,7,10-15,19H2,(H,34,35,36,37);1-3,5-10,18-19,21,30,39H,4,11-17,20H2,(H,33,34,35,36)/t;24-;/m.0./s1. The number of nitrogens with one attached hydrogen (secondary N) is 5. The number of piperidine rings is 2. The van der Waals surface area contributed by atoms with E-state index in [1.807, 2.05) is 116 Å². The van der Waals surface area contributed by atoms with Crippen molar-refractivity contribution in [3.8, 4) is 5.75 Å². The SMILES string of the molecule is CN1CCN(c2ccc(Nc3ncnc(N4CCN(c5ncc(Cc6ccccc6)cn5)CC4)n3)cc2F)CC1.Fc1cc(O[C@H]2CCCNC2)ccc1Nc1ncnc(N2CCN(c3ncc(Cc4ccccc4)cn3)CC2)n1.OC1(c2ccc(Nc3ncnc(N4CCN(c5ncc(Cc6ccccc6)cn5)CC4)n3)cc2)CCCNC1. The molecule has 6 aliphatic rings. The summed E-state index contributed by atoms with van der Waals surface area (Å²) in [6, 6.07) is 48.8. The van der Waals surface area contributed by atoms with E-state index in [0.717, 1.165) is 202 Å². The number of piperazine rings is 4. The van der Waals surface area contributed by atoms with Crippen LogP contribution >= 0.6 is 0 Å². The van der Waals surface area contributed by atoms with E-state index in [2.05, 4.69) is 196 Å². The van der Waals surface area contributed by atoms with Crippen LogP contribution in [0.1, 0.15) is 64.6 Å². The van der Waals surface area contributed by atoms with E-state index in [-0.39, 0.29) is 23.6 Å². The highest BCUT2D eigenvalue weighted by Crippen LogP contribution is 2.32. The molecule has 6 aliphatic heterocycles. The van der Waals surface area contributed by atoms with Crippen molar-refractivity contribution in [2.45, 2.75) is 56.7 Å². The average molecular weight is 1610 g/mol. The number of hydrogen-bond donors (Lipinski definition) is 6. The van der Waals surface area contributed by atoms with E-state index in [9.17, 15) is 13.9 Å². The predicted molar refractivity (Wildman–Crippen MR) is 458 cm³/mol. The molecule has 612 valence electrons. The second kappa shape index (κ2) is 38.9. The van der Waals surface area contributed by atoms with Gasteiger partial charge in [-0.1, -0.05) is 103 Å². The molecule has 0 bridgehead atoms. The van der Waals surface area contributed by atoms with E-state index in [1.165, 1.54) is 47.8 Å². The molecule has 0 aliphatic carbocycles. The van der Waals surface area contributed by atoms with E-state index in [0.29, 0.717) is 66.5 Å². The summed E-state index contributed by atoms with van der Waals surface area (Å²) in [5.41, 5.74) is 9.49. The van der Waals surface area contributed by atoms with Gasteiger partial charge in [-0.3, -0.25) is 0 Å². The zero-order chi connectivity index (χ0) is 81.0. The summed E-state index contributed by atoms with van der Waals surface area (Å²) < 4.78 is 35.7. The normalized spacial score (nSPS) is 17.8. The Bertz CT molecular complexity index is 5180. The number of aromatic nitrogens is 15. The predicted octanol–water partition coefficient (Wildman–Crippen LogP) is 9.70. The van der Waals surface area contributed by atoms with Crippen LogP contribution in [0.4, 0.5) is 85.1 Å². The van der Waals surface area contributed by atoms with Crippen LogP contribution in [0, 0.1) is 11.6 Å². The maximum absolute atomic E-state index is 14.9. The Labute approximate surface area is 690 Å². The fourth-order valence-corrected chi connectivity index (χ4v) is 15.2. The van der Waals surface area contributed by atoms with Crippen LogP contribution in [0.3, 0.4) is 0 Å². The topological polar surface area (TPSA) is 309 Å². The average Bonchev–Trinajstić information content (AvgIpc) is 0.830. The molecule has 0 saturated carbocycles. The molecular formula is C87H98F2N28O2. The smallest absolute Gasteiger partial charge is 0.232 e. The van der Waals surface area contributed by atoms with Gasteiger partial charge in [-0.15, -0.1) is 0 Å². The quantitative estimate of drug-likeness (QED) is 0.0368. The fourth-order valence-electron chi connectivity index (χ4n) is 15.2. The summed E-state index contributed by atoms with van der Waals surface area (Å²) >= 11 is 0. The molecule has 6 aromatic carbocycles. The lowest BCUT2D eigenvalue weighted by atomic mass is 9.86. The van der Waals surface area contributed by atoms with Gasteiger partial charge in [0.05, 0.1) is 11.4 Å². The second-order valence-electron chi connectivity index (χ2n) is 30.4. The van der Waals surface area contributed by atoms with Crippen molar-refractivity contribution in [3.05, 3.63) is 258 Å². The number of rotatable bonds is 22. The lowest BCUT2D eigenvalue weighted by Gasteiger charge is -2.34. The second-order valence-corrected chi connectivity index (χ2v) is 30.4. The minimum atomic E-state index is -0.811. The van der Waals surface area contributed by atoms with Crippen LogP contribution in [0.5, 0.6) is 5.75 Å². The van der Waals surface area contributed by atoms with Crippen LogP contribution in [-0.2, 0) is 24.9 Å². The molecule has 1 unspecified atom stereocenters. The number of aliphatic hydroxyl groups is 1. The van der Waals surface area contributed by atoms with Gasteiger partial charge in [0.1, 0.15) is 48.1 Å². The van der Waals surface area contributed by atoms with Gasteiger partial charge in [-0.2, -0.15) is 15.0 Å². The Morgan fingerprint density at radius 1 is 0.403 bits per heavy atom. The summed E-state index contributed by atoms with van der Waals surface area (Å²) in [5.74, 6) is 4.98. The zero-order valence-electron chi connectivity index (χ0n) is 66.7. The van der Waals surface area contributed by atoms with Gasteiger partial charge in [-0.05, 0) is 127 Å². The fraction of sp³-hybridized carbons (Fsp3) is 0.345. The maximum Gasteiger partial charge on any atom is 0.232 e. The molecule has 6 N–H and O–H groups in total. The van der Waals surface area contributed by atoms with Gasteiger partial charge >= 0.3 is 0 Å². The third-order valence-electron chi connectivity index (χ3n) is 21.9. The van der Waals surface area contributed by atoms with Crippen molar-refractivity contribution < 1.29 is 18.6 Å². The van der Waals surface area contributed by atoms with Crippen molar-refractivity contribution in [2.75, 3.05) is 188 Å². The van der Waals surface area contributed by atoms with Crippen molar-refractivity contribution in [1.29, 1.82) is 0 Å². The Balaban J connectivity index is 0.000000133. The molecule has 0 spiro atoms. The summed E-state index contributed by atoms with van der Waals surface area (Å²) in [7, 11) is 2.09. The van der Waals surface area contributed by atoms with Gasteiger partial charge in [0.2, 0.25) is 53.5 Å². The number of benzene rings is 6. The van der Waals surface area contributed by atoms with Gasteiger partial charge in [-0.25, -0.2) is 68.6 Å². The lowest BCUT2D eigenvalue weighted by Crippen LogP contribution is -2.47. The molecule has 30 nitrogen and oxygen atoms in total. The van der Waals surface area contributed by atoms with E-state index < -0.39 is 11.4 Å². The maximum atomic E-state index is 14.9. The first-order valence-electron chi connectivity index (χ1n) is 40.8. The monoisotopic (exact) mass is 1600 g/mol. The van der Waals surface area contributed by atoms with Crippen molar-refractivity contribution in [1.82, 2.24) is 90.3 Å². The zero-order valence-corrected chi connectivity index (χ0v) is 66.7. The van der Waals surface area contributed by atoms with Crippen LogP contribution in [0.2, 0.25) is 0 Å².